The molecule has 2 atom stereocenters. The van der Waals surface area contributed by atoms with Crippen molar-refractivity contribution in [3.8, 4) is 0 Å². The average Bonchev–Trinajstić information content (AvgIpc) is 3.26. The van der Waals surface area contributed by atoms with Gasteiger partial charge < -0.3 is 20.7 Å². The molecule has 0 spiro atoms. The van der Waals surface area contributed by atoms with Crippen LogP contribution in [0, 0.1) is 0 Å². The molecule has 1 fully saturated rings. The predicted molar refractivity (Wildman–Crippen MR) is 116 cm³/mol. The summed E-state index contributed by atoms with van der Waals surface area (Å²) in [5, 5.41) is 12.0. The number of hydrogen-bond acceptors (Lipinski definition) is 9. The molecule has 0 aliphatic carbocycles. The fraction of sp³-hybridized carbons (Fsp3) is 0.316. The molecule has 0 bridgehead atoms. The van der Waals surface area contributed by atoms with Crippen LogP contribution in [-0.2, 0) is 6.42 Å². The minimum Gasteiger partial charge on any atom is -0.390 e. The van der Waals surface area contributed by atoms with Crippen LogP contribution in [0.2, 0.25) is 5.02 Å². The zero-order valence-corrected chi connectivity index (χ0v) is 17.7. The van der Waals surface area contributed by atoms with Crippen molar-refractivity contribution in [1.82, 2.24) is 29.9 Å². The Hall–Kier alpha value is -2.53. The SMILES string of the molecule is CCc1[nH]c2nc(Sc3cnc4nccnc4c3)nc(N3C[C@@H](O)[C@@H](N)C3)c2c1Cl. The van der Waals surface area contributed by atoms with Crippen molar-refractivity contribution in [2.45, 2.75) is 35.5 Å². The molecule has 4 N–H and O–H groups in total. The van der Waals surface area contributed by atoms with Gasteiger partial charge in [0.25, 0.3) is 0 Å². The third-order valence-electron chi connectivity index (χ3n) is 5.12. The van der Waals surface area contributed by atoms with Crippen LogP contribution in [0.3, 0.4) is 0 Å². The minimum absolute atomic E-state index is 0.335. The lowest BCUT2D eigenvalue weighted by Gasteiger charge is -2.18. The highest BCUT2D eigenvalue weighted by Crippen LogP contribution is 2.37. The Morgan fingerprint density at radius 1 is 1.27 bits per heavy atom. The molecule has 0 radical (unpaired) electrons. The monoisotopic (exact) mass is 442 g/mol. The Bertz CT molecular complexity index is 1240. The molecule has 0 amide bonds. The highest BCUT2D eigenvalue weighted by Gasteiger charge is 2.32. The minimum atomic E-state index is -0.613. The van der Waals surface area contributed by atoms with Gasteiger partial charge in [0.05, 0.1) is 16.5 Å². The van der Waals surface area contributed by atoms with Crippen molar-refractivity contribution >= 4 is 51.4 Å². The maximum absolute atomic E-state index is 10.2. The standard InChI is InChI=1S/C19H19ClN8OS/c1-2-11-15(20)14-17(25-11)26-19(27-18(14)28-7-10(21)13(29)8-28)30-9-5-12-16(24-6-9)23-4-3-22-12/h3-6,10,13,29H,2,7-8,21H2,1H3,(H,25,26,27)/t10-,13+/m0/s1. The van der Waals surface area contributed by atoms with E-state index in [1.165, 1.54) is 11.8 Å². The number of aromatic amines is 1. The number of aliphatic hydroxyl groups excluding tert-OH is 1. The number of aromatic nitrogens is 6. The van der Waals surface area contributed by atoms with E-state index in [4.69, 9.17) is 22.3 Å². The fourth-order valence-corrected chi connectivity index (χ4v) is 4.68. The Morgan fingerprint density at radius 3 is 2.87 bits per heavy atom. The normalized spacial score (nSPS) is 19.3. The number of pyridine rings is 1. The first-order valence-electron chi connectivity index (χ1n) is 9.54. The van der Waals surface area contributed by atoms with Crippen LogP contribution in [0.25, 0.3) is 22.2 Å². The van der Waals surface area contributed by atoms with Gasteiger partial charge in [0.15, 0.2) is 10.8 Å². The van der Waals surface area contributed by atoms with Gasteiger partial charge in [0.1, 0.15) is 17.0 Å². The van der Waals surface area contributed by atoms with E-state index < -0.39 is 6.10 Å². The number of halogens is 1. The highest BCUT2D eigenvalue weighted by atomic mass is 35.5. The van der Waals surface area contributed by atoms with Crippen molar-refractivity contribution in [2.75, 3.05) is 18.0 Å². The van der Waals surface area contributed by atoms with Crippen molar-refractivity contribution < 1.29 is 5.11 Å². The number of hydrogen-bond donors (Lipinski definition) is 3. The van der Waals surface area contributed by atoms with Crippen LogP contribution in [0.4, 0.5) is 5.82 Å². The van der Waals surface area contributed by atoms with Gasteiger partial charge in [-0.1, -0.05) is 18.5 Å². The lowest BCUT2D eigenvalue weighted by molar-refractivity contribution is 0.180. The summed E-state index contributed by atoms with van der Waals surface area (Å²) in [7, 11) is 0. The van der Waals surface area contributed by atoms with Gasteiger partial charge in [0, 0.05) is 48.3 Å². The maximum Gasteiger partial charge on any atom is 0.196 e. The average molecular weight is 443 g/mol. The molecular weight excluding hydrogens is 424 g/mol. The molecule has 4 aromatic heterocycles. The molecule has 1 aliphatic rings. The number of nitrogens with zero attached hydrogens (tertiary/aromatic N) is 6. The fourth-order valence-electron chi connectivity index (χ4n) is 3.57. The second-order valence-electron chi connectivity index (χ2n) is 7.13. The summed E-state index contributed by atoms with van der Waals surface area (Å²) >= 11 is 8.01. The lowest BCUT2D eigenvalue weighted by Crippen LogP contribution is -2.32. The lowest BCUT2D eigenvalue weighted by atomic mass is 10.2. The molecule has 5 heterocycles. The third kappa shape index (κ3) is 3.35. The molecule has 30 heavy (non-hydrogen) atoms. The number of H-pyrrole nitrogens is 1. The zero-order valence-electron chi connectivity index (χ0n) is 16.1. The number of β-amino-alcohol motifs (C(OH)–C–C–N with tert-alkyl or cyclic N) is 1. The van der Waals surface area contributed by atoms with Crippen LogP contribution < -0.4 is 10.6 Å². The van der Waals surface area contributed by atoms with Gasteiger partial charge in [-0.25, -0.2) is 19.9 Å². The summed E-state index contributed by atoms with van der Waals surface area (Å²) < 4.78 is 0. The summed E-state index contributed by atoms with van der Waals surface area (Å²) in [6, 6.07) is 1.57. The van der Waals surface area contributed by atoms with Crippen LogP contribution in [0.1, 0.15) is 12.6 Å². The molecule has 0 aromatic carbocycles. The number of fused-ring (bicyclic) bond motifs is 2. The topological polar surface area (TPSA) is 130 Å². The largest absolute Gasteiger partial charge is 0.390 e. The summed E-state index contributed by atoms with van der Waals surface area (Å²) in [4.78, 5) is 28.4. The number of aryl methyl sites for hydroxylation is 1. The van der Waals surface area contributed by atoms with E-state index in [0.717, 1.165) is 22.4 Å². The molecule has 1 aliphatic heterocycles. The molecule has 4 aromatic rings. The highest BCUT2D eigenvalue weighted by molar-refractivity contribution is 7.99. The van der Waals surface area contributed by atoms with Gasteiger partial charge in [-0.15, -0.1) is 0 Å². The van der Waals surface area contributed by atoms with E-state index in [-0.39, 0.29) is 6.04 Å². The Morgan fingerprint density at radius 2 is 2.10 bits per heavy atom. The number of aliphatic hydroxyl groups is 1. The van der Waals surface area contributed by atoms with E-state index in [1.54, 1.807) is 18.6 Å². The Balaban J connectivity index is 1.59. The van der Waals surface area contributed by atoms with Gasteiger partial charge in [-0.2, -0.15) is 0 Å². The van der Waals surface area contributed by atoms with Gasteiger partial charge in [0.2, 0.25) is 0 Å². The third-order valence-corrected chi connectivity index (χ3v) is 6.36. The molecule has 5 rings (SSSR count). The van der Waals surface area contributed by atoms with E-state index in [9.17, 15) is 5.11 Å². The first-order chi connectivity index (χ1) is 14.5. The number of rotatable bonds is 4. The van der Waals surface area contributed by atoms with Crippen LogP contribution in [-0.4, -0.2) is 60.2 Å². The smallest absolute Gasteiger partial charge is 0.196 e. The van der Waals surface area contributed by atoms with E-state index in [1.807, 2.05) is 17.9 Å². The Labute approximate surface area is 181 Å². The van der Waals surface area contributed by atoms with E-state index in [0.29, 0.717) is 45.9 Å². The molecule has 11 heteroatoms. The first kappa shape index (κ1) is 19.4. The van der Waals surface area contributed by atoms with Gasteiger partial charge in [-0.05, 0) is 24.2 Å². The van der Waals surface area contributed by atoms with Crippen molar-refractivity contribution in [3.05, 3.63) is 35.4 Å². The number of nitrogens with two attached hydrogens (primary N) is 1. The number of nitrogens with one attached hydrogen (secondary N) is 1. The maximum atomic E-state index is 10.2. The van der Waals surface area contributed by atoms with Gasteiger partial charge in [-0.3, -0.25) is 4.98 Å². The molecule has 0 saturated carbocycles. The summed E-state index contributed by atoms with van der Waals surface area (Å²) in [6.07, 6.45) is 5.10. The number of anilines is 1. The first-order valence-corrected chi connectivity index (χ1v) is 10.7. The predicted octanol–water partition coefficient (Wildman–Crippen LogP) is 2.17. The summed E-state index contributed by atoms with van der Waals surface area (Å²) in [5.74, 6) is 0.670. The quantitative estimate of drug-likeness (QED) is 0.407. The molecule has 9 nitrogen and oxygen atoms in total. The molecular formula is C19H19ClN8OS. The summed E-state index contributed by atoms with van der Waals surface area (Å²) in [6.45, 7) is 2.91. The summed E-state index contributed by atoms with van der Waals surface area (Å²) in [5.41, 5.74) is 8.88. The molecule has 154 valence electrons. The molecule has 0 unspecified atom stereocenters. The second kappa shape index (κ2) is 7.62. The van der Waals surface area contributed by atoms with E-state index in [2.05, 4.69) is 24.9 Å². The van der Waals surface area contributed by atoms with Crippen LogP contribution in [0.15, 0.2) is 34.7 Å². The van der Waals surface area contributed by atoms with Gasteiger partial charge >= 0.3 is 0 Å². The zero-order chi connectivity index (χ0) is 20.8. The van der Waals surface area contributed by atoms with Crippen LogP contribution in [0.5, 0.6) is 0 Å². The van der Waals surface area contributed by atoms with Crippen molar-refractivity contribution in [1.29, 1.82) is 0 Å². The van der Waals surface area contributed by atoms with Crippen molar-refractivity contribution in [2.24, 2.45) is 5.73 Å². The van der Waals surface area contributed by atoms with Crippen LogP contribution >= 0.6 is 23.4 Å². The molecule has 1 saturated heterocycles. The Kier molecular flexibility index (Phi) is 4.94. The van der Waals surface area contributed by atoms with E-state index >= 15 is 0 Å². The van der Waals surface area contributed by atoms with Crippen molar-refractivity contribution in [3.63, 3.8) is 0 Å². The second-order valence-corrected chi connectivity index (χ2v) is 8.55.